The minimum absolute atomic E-state index is 0.00855. The van der Waals surface area contributed by atoms with E-state index >= 15 is 0 Å². The van der Waals surface area contributed by atoms with Crippen LogP contribution in [0.3, 0.4) is 0 Å². The number of ether oxygens (including phenoxy) is 1. The van der Waals surface area contributed by atoms with Gasteiger partial charge in [-0.2, -0.15) is 0 Å². The molecule has 0 saturated carbocycles. The van der Waals surface area contributed by atoms with Crippen molar-refractivity contribution in [1.82, 2.24) is 4.90 Å². The molecule has 1 fully saturated rings. The molecule has 3 rings (SSSR count). The van der Waals surface area contributed by atoms with Crippen molar-refractivity contribution in [3.63, 3.8) is 0 Å². The van der Waals surface area contributed by atoms with E-state index in [0.717, 1.165) is 25.3 Å². The summed E-state index contributed by atoms with van der Waals surface area (Å²) in [5.41, 5.74) is 0.104. The topological polar surface area (TPSA) is 156 Å². The second-order valence-electron chi connectivity index (χ2n) is 8.40. The lowest BCUT2D eigenvalue weighted by Gasteiger charge is -2.38. The van der Waals surface area contributed by atoms with Crippen LogP contribution in [0, 0.1) is 20.2 Å². The van der Waals surface area contributed by atoms with Crippen LogP contribution in [0.2, 0.25) is 0 Å². The first kappa shape index (κ1) is 25.1. The average molecular weight is 473 g/mol. The van der Waals surface area contributed by atoms with E-state index in [1.165, 1.54) is 30.3 Å². The molecule has 11 nitrogen and oxygen atoms in total. The van der Waals surface area contributed by atoms with E-state index in [1.54, 1.807) is 4.90 Å². The Kier molecular flexibility index (Phi) is 7.79. The number of likely N-dealkylation sites (tertiary alicyclic amines) is 1. The van der Waals surface area contributed by atoms with Gasteiger partial charge in [-0.1, -0.05) is 0 Å². The SMILES string of the molecule is CC1CCCC(C)N1C(=O)OC(c1ccc([N+](=O)[O-])cc1)c1cc(CO)c(CO)cc1[N+](=O)[O-]. The molecule has 1 aliphatic rings. The molecule has 11 heteroatoms. The molecule has 1 aliphatic heterocycles. The smallest absolute Gasteiger partial charge is 0.411 e. The first-order valence-electron chi connectivity index (χ1n) is 10.9. The van der Waals surface area contributed by atoms with E-state index in [-0.39, 0.29) is 34.5 Å². The third-order valence-electron chi connectivity index (χ3n) is 6.20. The third-order valence-corrected chi connectivity index (χ3v) is 6.20. The highest BCUT2D eigenvalue weighted by Crippen LogP contribution is 2.37. The molecule has 0 bridgehead atoms. The van der Waals surface area contributed by atoms with Crippen LogP contribution in [0.25, 0.3) is 0 Å². The maximum Gasteiger partial charge on any atom is 0.411 e. The number of amides is 1. The number of hydrogen-bond donors (Lipinski definition) is 2. The highest BCUT2D eigenvalue weighted by atomic mass is 16.6. The van der Waals surface area contributed by atoms with Crippen molar-refractivity contribution in [3.8, 4) is 0 Å². The number of non-ortho nitro benzene ring substituents is 1. The van der Waals surface area contributed by atoms with Crippen LogP contribution in [0.1, 0.15) is 61.5 Å². The maximum absolute atomic E-state index is 13.2. The Balaban J connectivity index is 2.13. The first-order chi connectivity index (χ1) is 16.2. The lowest BCUT2D eigenvalue weighted by atomic mass is 9.95. The van der Waals surface area contributed by atoms with Crippen LogP contribution in [0.4, 0.5) is 16.2 Å². The molecule has 1 heterocycles. The summed E-state index contributed by atoms with van der Waals surface area (Å²) >= 11 is 0. The fourth-order valence-electron chi connectivity index (χ4n) is 4.38. The van der Waals surface area contributed by atoms with Crippen molar-refractivity contribution >= 4 is 17.5 Å². The number of nitro benzene ring substituents is 2. The number of aliphatic hydroxyl groups is 2. The van der Waals surface area contributed by atoms with Gasteiger partial charge in [-0.05, 0) is 68.0 Å². The largest absolute Gasteiger partial charge is 0.436 e. The van der Waals surface area contributed by atoms with E-state index in [2.05, 4.69) is 0 Å². The Bertz CT molecular complexity index is 1060. The molecular formula is C23H27N3O8. The second-order valence-corrected chi connectivity index (χ2v) is 8.40. The molecule has 182 valence electrons. The van der Waals surface area contributed by atoms with Gasteiger partial charge in [0.15, 0.2) is 6.10 Å². The van der Waals surface area contributed by atoms with Gasteiger partial charge in [-0.25, -0.2) is 4.79 Å². The summed E-state index contributed by atoms with van der Waals surface area (Å²) in [6.45, 7) is 2.78. The van der Waals surface area contributed by atoms with Crippen LogP contribution in [-0.2, 0) is 18.0 Å². The summed E-state index contributed by atoms with van der Waals surface area (Å²) in [6, 6.07) is 7.49. The Labute approximate surface area is 195 Å². The maximum atomic E-state index is 13.2. The number of rotatable bonds is 7. The highest BCUT2D eigenvalue weighted by molar-refractivity contribution is 5.70. The fraction of sp³-hybridized carbons (Fsp3) is 0.435. The number of piperidine rings is 1. The van der Waals surface area contributed by atoms with Crippen LogP contribution in [0.5, 0.6) is 0 Å². The average Bonchev–Trinajstić information content (AvgIpc) is 2.81. The molecule has 3 unspecified atom stereocenters. The van der Waals surface area contributed by atoms with Gasteiger partial charge < -0.3 is 19.8 Å². The number of nitro groups is 2. The molecular weight excluding hydrogens is 446 g/mol. The fourth-order valence-corrected chi connectivity index (χ4v) is 4.38. The molecule has 1 amide bonds. The molecule has 0 spiro atoms. The number of benzene rings is 2. The first-order valence-corrected chi connectivity index (χ1v) is 10.9. The van der Waals surface area contributed by atoms with E-state index in [0.29, 0.717) is 5.56 Å². The number of nitrogens with zero attached hydrogens (tertiary/aromatic N) is 3. The highest BCUT2D eigenvalue weighted by Gasteiger charge is 2.35. The monoisotopic (exact) mass is 473 g/mol. The summed E-state index contributed by atoms with van der Waals surface area (Å²) in [5, 5.41) is 42.3. The Morgan fingerprint density at radius 3 is 2.09 bits per heavy atom. The van der Waals surface area contributed by atoms with Gasteiger partial charge in [-0.3, -0.25) is 20.2 Å². The third kappa shape index (κ3) is 5.15. The minimum atomic E-state index is -1.27. The lowest BCUT2D eigenvalue weighted by molar-refractivity contribution is -0.386. The molecule has 2 N–H and O–H groups in total. The van der Waals surface area contributed by atoms with Crippen molar-refractivity contribution < 1.29 is 29.6 Å². The van der Waals surface area contributed by atoms with Gasteiger partial charge in [0.05, 0.1) is 28.6 Å². The summed E-state index contributed by atoms with van der Waals surface area (Å²) in [4.78, 5) is 36.6. The quantitative estimate of drug-likeness (QED) is 0.452. The standard InChI is InChI=1S/C23H27N3O8/c1-14-4-3-5-15(2)24(14)23(29)34-22(16-6-8-19(9-7-16)25(30)31)20-10-17(12-27)18(13-28)11-21(20)26(32)33/h6-11,14-15,22,27-28H,3-5,12-13H2,1-2H3. The van der Waals surface area contributed by atoms with Crippen molar-refractivity contribution in [1.29, 1.82) is 0 Å². The summed E-state index contributed by atoms with van der Waals surface area (Å²) in [6.07, 6.45) is 0.622. The predicted octanol–water partition coefficient (Wildman–Crippen LogP) is 3.98. The Morgan fingerprint density at radius 1 is 1.03 bits per heavy atom. The van der Waals surface area contributed by atoms with Gasteiger partial charge in [-0.15, -0.1) is 0 Å². The zero-order valence-electron chi connectivity index (χ0n) is 18.9. The van der Waals surface area contributed by atoms with Gasteiger partial charge >= 0.3 is 6.09 Å². The number of carbonyl (C=O) groups excluding carboxylic acids is 1. The summed E-state index contributed by atoms with van der Waals surface area (Å²) in [7, 11) is 0. The predicted molar refractivity (Wildman–Crippen MR) is 121 cm³/mol. The van der Waals surface area contributed by atoms with Crippen molar-refractivity contribution in [3.05, 3.63) is 78.9 Å². The molecule has 3 atom stereocenters. The van der Waals surface area contributed by atoms with Crippen LogP contribution < -0.4 is 0 Å². The van der Waals surface area contributed by atoms with Gasteiger partial charge in [0.25, 0.3) is 11.4 Å². The van der Waals surface area contributed by atoms with E-state index < -0.39 is 40.9 Å². The van der Waals surface area contributed by atoms with Gasteiger partial charge in [0.2, 0.25) is 0 Å². The van der Waals surface area contributed by atoms with Crippen molar-refractivity contribution in [2.24, 2.45) is 0 Å². The molecule has 0 aliphatic carbocycles. The van der Waals surface area contributed by atoms with Crippen molar-refractivity contribution in [2.45, 2.75) is 64.5 Å². The van der Waals surface area contributed by atoms with E-state index in [1.807, 2.05) is 13.8 Å². The zero-order chi connectivity index (χ0) is 25.0. The molecule has 34 heavy (non-hydrogen) atoms. The Morgan fingerprint density at radius 2 is 1.59 bits per heavy atom. The van der Waals surface area contributed by atoms with Crippen LogP contribution >= 0.6 is 0 Å². The minimum Gasteiger partial charge on any atom is -0.436 e. The molecule has 2 aromatic carbocycles. The normalized spacial score (nSPS) is 18.9. The molecule has 0 radical (unpaired) electrons. The number of hydrogen-bond acceptors (Lipinski definition) is 8. The summed E-state index contributed by atoms with van der Waals surface area (Å²) < 4.78 is 5.84. The van der Waals surface area contributed by atoms with Crippen LogP contribution in [-0.4, -0.2) is 43.1 Å². The van der Waals surface area contributed by atoms with Gasteiger partial charge in [0, 0.05) is 30.3 Å². The van der Waals surface area contributed by atoms with Gasteiger partial charge in [0.1, 0.15) is 0 Å². The van der Waals surface area contributed by atoms with E-state index in [4.69, 9.17) is 4.74 Å². The number of aliphatic hydroxyl groups excluding tert-OH is 2. The Hall–Kier alpha value is -3.57. The molecule has 0 aromatic heterocycles. The molecule has 2 aromatic rings. The summed E-state index contributed by atoms with van der Waals surface area (Å²) in [5.74, 6) is 0. The second kappa shape index (κ2) is 10.6. The van der Waals surface area contributed by atoms with Crippen molar-refractivity contribution in [2.75, 3.05) is 0 Å². The van der Waals surface area contributed by atoms with Crippen LogP contribution in [0.15, 0.2) is 36.4 Å². The lowest BCUT2D eigenvalue weighted by Crippen LogP contribution is -2.48. The zero-order valence-corrected chi connectivity index (χ0v) is 18.9. The molecule has 1 saturated heterocycles. The van der Waals surface area contributed by atoms with E-state index in [9.17, 15) is 35.2 Å². The number of carbonyl (C=O) groups is 1.